The van der Waals surface area contributed by atoms with E-state index in [1.165, 1.54) is 11.1 Å². The predicted octanol–water partition coefficient (Wildman–Crippen LogP) is 1.45. The zero-order chi connectivity index (χ0) is 12.8. The van der Waals surface area contributed by atoms with E-state index in [0.717, 1.165) is 13.0 Å². The highest BCUT2D eigenvalue weighted by molar-refractivity contribution is 5.85. The number of amides is 1. The molecule has 1 heterocycles. The highest BCUT2D eigenvalue weighted by Crippen LogP contribution is 2.21. The van der Waals surface area contributed by atoms with Gasteiger partial charge in [-0.25, -0.2) is 0 Å². The van der Waals surface area contributed by atoms with E-state index >= 15 is 0 Å². The molecule has 2 N–H and O–H groups in total. The van der Waals surface area contributed by atoms with Crippen molar-refractivity contribution < 1.29 is 9.53 Å². The first-order chi connectivity index (χ1) is 8.81. The molecule has 0 spiro atoms. The first kappa shape index (κ1) is 16.0. The molecular weight excluding hydrogens is 264 g/mol. The zero-order valence-electron chi connectivity index (χ0n) is 11.1. The number of benzene rings is 1. The Morgan fingerprint density at radius 1 is 1.47 bits per heavy atom. The van der Waals surface area contributed by atoms with Crippen molar-refractivity contribution in [1.29, 1.82) is 0 Å². The Balaban J connectivity index is 0.00000180. The van der Waals surface area contributed by atoms with Gasteiger partial charge in [0.05, 0.1) is 6.61 Å². The molecule has 0 aromatic heterocycles. The minimum Gasteiger partial charge on any atom is -0.384 e. The van der Waals surface area contributed by atoms with Gasteiger partial charge in [-0.15, -0.1) is 12.4 Å². The van der Waals surface area contributed by atoms with E-state index in [1.54, 1.807) is 7.11 Å². The van der Waals surface area contributed by atoms with E-state index in [2.05, 4.69) is 28.8 Å². The number of hydrogen-bond donors (Lipinski definition) is 2. The lowest BCUT2D eigenvalue weighted by atomic mass is 9.94. The molecule has 106 valence electrons. The Morgan fingerprint density at radius 3 is 3.05 bits per heavy atom. The van der Waals surface area contributed by atoms with Gasteiger partial charge in [0.1, 0.15) is 0 Å². The maximum absolute atomic E-state index is 11.5. The summed E-state index contributed by atoms with van der Waals surface area (Å²) in [5.41, 5.74) is 2.68. The summed E-state index contributed by atoms with van der Waals surface area (Å²) < 4.78 is 4.88. The second-order valence-electron chi connectivity index (χ2n) is 4.50. The lowest BCUT2D eigenvalue weighted by Crippen LogP contribution is -2.39. The summed E-state index contributed by atoms with van der Waals surface area (Å²) in [6.45, 7) is 2.08. The van der Waals surface area contributed by atoms with Gasteiger partial charge in [0.2, 0.25) is 5.91 Å². The number of carbonyl (C=O) groups is 1. The van der Waals surface area contributed by atoms with Crippen LogP contribution in [0.25, 0.3) is 0 Å². The maximum Gasteiger partial charge on any atom is 0.222 e. The van der Waals surface area contributed by atoms with E-state index < -0.39 is 0 Å². The van der Waals surface area contributed by atoms with Crippen LogP contribution in [0.15, 0.2) is 24.3 Å². The first-order valence-corrected chi connectivity index (χ1v) is 6.38. The van der Waals surface area contributed by atoms with Gasteiger partial charge in [0, 0.05) is 26.1 Å². The van der Waals surface area contributed by atoms with Crippen molar-refractivity contribution in [3.63, 3.8) is 0 Å². The maximum atomic E-state index is 11.5. The molecule has 2 rings (SSSR count). The minimum absolute atomic E-state index is 0. The van der Waals surface area contributed by atoms with E-state index in [4.69, 9.17) is 4.74 Å². The fourth-order valence-corrected chi connectivity index (χ4v) is 2.27. The molecule has 0 radical (unpaired) electrons. The monoisotopic (exact) mass is 284 g/mol. The molecule has 0 saturated carbocycles. The van der Waals surface area contributed by atoms with Gasteiger partial charge in [0.25, 0.3) is 0 Å². The Kier molecular flexibility index (Phi) is 6.84. The van der Waals surface area contributed by atoms with Crippen LogP contribution in [0.5, 0.6) is 0 Å². The van der Waals surface area contributed by atoms with Crippen LogP contribution in [0.1, 0.15) is 23.6 Å². The summed E-state index contributed by atoms with van der Waals surface area (Å²) >= 11 is 0. The molecule has 0 aliphatic carbocycles. The minimum atomic E-state index is 0. The third-order valence-electron chi connectivity index (χ3n) is 3.25. The van der Waals surface area contributed by atoms with E-state index in [-0.39, 0.29) is 24.4 Å². The smallest absolute Gasteiger partial charge is 0.222 e. The van der Waals surface area contributed by atoms with Crippen molar-refractivity contribution in [2.75, 3.05) is 26.8 Å². The van der Waals surface area contributed by atoms with Gasteiger partial charge < -0.3 is 15.4 Å². The van der Waals surface area contributed by atoms with Crippen molar-refractivity contribution in [2.24, 2.45) is 0 Å². The van der Waals surface area contributed by atoms with Crippen molar-refractivity contribution in [1.82, 2.24) is 10.6 Å². The lowest BCUT2D eigenvalue weighted by molar-refractivity contribution is -0.122. The van der Waals surface area contributed by atoms with E-state index in [0.29, 0.717) is 19.6 Å². The summed E-state index contributed by atoms with van der Waals surface area (Å²) in [5, 5.41) is 6.39. The number of methoxy groups -OCH3 is 1. The number of ether oxygens (including phenoxy) is 1. The SMILES string of the molecule is COCCC(=O)NCC1NCCc2ccccc21.Cl. The van der Waals surface area contributed by atoms with Crippen LogP contribution in [-0.4, -0.2) is 32.7 Å². The second kappa shape index (κ2) is 8.15. The van der Waals surface area contributed by atoms with Crippen molar-refractivity contribution in [3.8, 4) is 0 Å². The molecule has 0 saturated heterocycles. The van der Waals surface area contributed by atoms with Crippen molar-refractivity contribution in [2.45, 2.75) is 18.9 Å². The van der Waals surface area contributed by atoms with Gasteiger partial charge >= 0.3 is 0 Å². The molecule has 1 unspecified atom stereocenters. The van der Waals surface area contributed by atoms with Crippen LogP contribution < -0.4 is 10.6 Å². The molecule has 1 aliphatic heterocycles. The fourth-order valence-electron chi connectivity index (χ4n) is 2.27. The van der Waals surface area contributed by atoms with Gasteiger partial charge in [-0.05, 0) is 24.1 Å². The molecule has 1 atom stereocenters. The van der Waals surface area contributed by atoms with Crippen molar-refractivity contribution in [3.05, 3.63) is 35.4 Å². The molecule has 0 bridgehead atoms. The third kappa shape index (κ3) is 4.49. The van der Waals surface area contributed by atoms with Crippen LogP contribution >= 0.6 is 12.4 Å². The molecule has 4 nitrogen and oxygen atoms in total. The summed E-state index contributed by atoms with van der Waals surface area (Å²) in [6.07, 6.45) is 1.48. The second-order valence-corrected chi connectivity index (χ2v) is 4.50. The zero-order valence-corrected chi connectivity index (χ0v) is 12.0. The average Bonchev–Trinajstić information content (AvgIpc) is 2.42. The molecule has 0 fully saturated rings. The highest BCUT2D eigenvalue weighted by Gasteiger charge is 2.19. The van der Waals surface area contributed by atoms with Crippen molar-refractivity contribution >= 4 is 18.3 Å². The standard InChI is InChI=1S/C14H20N2O2.ClH/c1-18-9-7-14(17)16-10-13-12-5-3-2-4-11(12)6-8-15-13;/h2-5,13,15H,6-10H2,1H3,(H,16,17);1H. The predicted molar refractivity (Wildman–Crippen MR) is 77.6 cm³/mol. The van der Waals surface area contributed by atoms with Crippen LogP contribution in [0.4, 0.5) is 0 Å². The van der Waals surface area contributed by atoms with Gasteiger partial charge in [0.15, 0.2) is 0 Å². The number of rotatable bonds is 5. The Bertz CT molecular complexity index is 412. The first-order valence-electron chi connectivity index (χ1n) is 6.38. The number of halogens is 1. The highest BCUT2D eigenvalue weighted by atomic mass is 35.5. The van der Waals surface area contributed by atoms with Crippen LogP contribution in [-0.2, 0) is 16.0 Å². The number of nitrogens with one attached hydrogen (secondary N) is 2. The number of hydrogen-bond acceptors (Lipinski definition) is 3. The fraction of sp³-hybridized carbons (Fsp3) is 0.500. The Morgan fingerprint density at radius 2 is 2.26 bits per heavy atom. The average molecular weight is 285 g/mol. The molecule has 19 heavy (non-hydrogen) atoms. The topological polar surface area (TPSA) is 50.4 Å². The summed E-state index contributed by atoms with van der Waals surface area (Å²) in [7, 11) is 1.60. The van der Waals surface area contributed by atoms with Crippen LogP contribution in [0.2, 0.25) is 0 Å². The van der Waals surface area contributed by atoms with Gasteiger partial charge in [-0.1, -0.05) is 24.3 Å². The van der Waals surface area contributed by atoms with Gasteiger partial charge in [-0.2, -0.15) is 0 Å². The molecule has 1 aromatic rings. The summed E-state index contributed by atoms with van der Waals surface area (Å²) in [4.78, 5) is 11.5. The van der Waals surface area contributed by atoms with Crippen LogP contribution in [0, 0.1) is 0 Å². The molecule has 1 aliphatic rings. The largest absolute Gasteiger partial charge is 0.384 e. The number of fused-ring (bicyclic) bond motifs is 1. The Hall–Kier alpha value is -1.10. The van der Waals surface area contributed by atoms with Gasteiger partial charge in [-0.3, -0.25) is 4.79 Å². The number of carbonyl (C=O) groups excluding carboxylic acids is 1. The normalized spacial score (nSPS) is 17.2. The lowest BCUT2D eigenvalue weighted by Gasteiger charge is -2.27. The molecule has 5 heteroatoms. The molecular formula is C14H21ClN2O2. The summed E-state index contributed by atoms with van der Waals surface area (Å²) in [5.74, 6) is 0.0432. The molecule has 1 amide bonds. The van der Waals surface area contributed by atoms with E-state index in [1.807, 2.05) is 6.07 Å². The van der Waals surface area contributed by atoms with E-state index in [9.17, 15) is 4.79 Å². The third-order valence-corrected chi connectivity index (χ3v) is 3.25. The summed E-state index contributed by atoms with van der Waals surface area (Å²) in [6, 6.07) is 8.63. The molecule has 1 aromatic carbocycles. The Labute approximate surface area is 120 Å². The van der Waals surface area contributed by atoms with Crippen LogP contribution in [0.3, 0.4) is 0 Å². The quantitative estimate of drug-likeness (QED) is 0.860.